The van der Waals surface area contributed by atoms with E-state index < -0.39 is 0 Å². The van der Waals surface area contributed by atoms with Crippen LogP contribution in [0.4, 0.5) is 5.95 Å². The standard InChI is InChI=1S/C19H31N5O/c1-22(2)12-6-16-7-13-23(14-8-16)18(25)17-5-3-11-24(15-17)19-20-9-4-10-21-19/h4,9-10,16-17H,3,5-8,11-15H2,1-2H3. The molecule has 1 unspecified atom stereocenters. The number of rotatable bonds is 5. The number of carbonyl (C=O) groups excluding carboxylic acids is 1. The van der Waals surface area contributed by atoms with Crippen LogP contribution in [-0.2, 0) is 4.79 Å². The predicted octanol–water partition coefficient (Wildman–Crippen LogP) is 1.88. The number of hydrogen-bond donors (Lipinski definition) is 0. The van der Waals surface area contributed by atoms with E-state index in [-0.39, 0.29) is 5.92 Å². The number of anilines is 1. The van der Waals surface area contributed by atoms with E-state index in [2.05, 4.69) is 38.8 Å². The van der Waals surface area contributed by atoms with Gasteiger partial charge in [0.15, 0.2) is 0 Å². The summed E-state index contributed by atoms with van der Waals surface area (Å²) in [6.45, 7) is 4.70. The summed E-state index contributed by atoms with van der Waals surface area (Å²) in [6, 6.07) is 1.83. The second kappa shape index (κ2) is 8.61. The zero-order chi connectivity index (χ0) is 17.6. The summed E-state index contributed by atoms with van der Waals surface area (Å²) >= 11 is 0. The molecule has 1 aromatic rings. The number of piperidine rings is 2. The van der Waals surface area contributed by atoms with E-state index in [9.17, 15) is 4.79 Å². The molecule has 0 saturated carbocycles. The Morgan fingerprint density at radius 2 is 1.88 bits per heavy atom. The van der Waals surface area contributed by atoms with Gasteiger partial charge in [0.1, 0.15) is 0 Å². The van der Waals surface area contributed by atoms with E-state index in [1.54, 1.807) is 12.4 Å². The van der Waals surface area contributed by atoms with Crippen LogP contribution >= 0.6 is 0 Å². The van der Waals surface area contributed by atoms with E-state index in [1.165, 1.54) is 6.42 Å². The Morgan fingerprint density at radius 1 is 1.16 bits per heavy atom. The average molecular weight is 345 g/mol. The van der Waals surface area contributed by atoms with Crippen LogP contribution in [0.5, 0.6) is 0 Å². The molecule has 0 bridgehead atoms. The van der Waals surface area contributed by atoms with Crippen molar-refractivity contribution in [2.24, 2.45) is 11.8 Å². The molecule has 6 heteroatoms. The lowest BCUT2D eigenvalue weighted by Crippen LogP contribution is -2.47. The van der Waals surface area contributed by atoms with E-state index in [0.29, 0.717) is 5.91 Å². The number of nitrogens with zero attached hydrogens (tertiary/aromatic N) is 5. The molecule has 1 atom stereocenters. The van der Waals surface area contributed by atoms with Crippen LogP contribution in [-0.4, -0.2) is 72.5 Å². The van der Waals surface area contributed by atoms with Crippen LogP contribution in [0.2, 0.25) is 0 Å². The highest BCUT2D eigenvalue weighted by atomic mass is 16.2. The lowest BCUT2D eigenvalue weighted by atomic mass is 9.91. The van der Waals surface area contributed by atoms with Gasteiger partial charge in [-0.25, -0.2) is 9.97 Å². The summed E-state index contributed by atoms with van der Waals surface area (Å²) in [4.78, 5) is 28.1. The van der Waals surface area contributed by atoms with Crippen molar-refractivity contribution in [1.82, 2.24) is 19.8 Å². The topological polar surface area (TPSA) is 52.6 Å². The fraction of sp³-hybridized carbons (Fsp3) is 0.737. The highest BCUT2D eigenvalue weighted by molar-refractivity contribution is 5.79. The molecule has 0 radical (unpaired) electrons. The molecule has 2 aliphatic rings. The maximum Gasteiger partial charge on any atom is 0.227 e. The van der Waals surface area contributed by atoms with Crippen molar-refractivity contribution >= 4 is 11.9 Å². The Labute approximate surface area is 151 Å². The van der Waals surface area contributed by atoms with Gasteiger partial charge in [-0.05, 0) is 64.7 Å². The molecule has 0 spiro atoms. The monoisotopic (exact) mass is 345 g/mol. The Hall–Kier alpha value is -1.69. The molecule has 3 rings (SSSR count). The third-order valence-electron chi connectivity index (χ3n) is 5.52. The number of amides is 1. The van der Waals surface area contributed by atoms with Crippen LogP contribution in [0.25, 0.3) is 0 Å². The number of hydrogen-bond acceptors (Lipinski definition) is 5. The second-order valence-electron chi connectivity index (χ2n) is 7.69. The third-order valence-corrected chi connectivity index (χ3v) is 5.52. The van der Waals surface area contributed by atoms with Gasteiger partial charge in [-0.2, -0.15) is 0 Å². The van der Waals surface area contributed by atoms with Gasteiger partial charge in [-0.15, -0.1) is 0 Å². The number of likely N-dealkylation sites (tertiary alicyclic amines) is 1. The lowest BCUT2D eigenvalue weighted by molar-refractivity contribution is -0.137. The highest BCUT2D eigenvalue weighted by Crippen LogP contribution is 2.26. The molecule has 0 aliphatic carbocycles. The van der Waals surface area contributed by atoms with Crippen molar-refractivity contribution in [2.45, 2.75) is 32.1 Å². The van der Waals surface area contributed by atoms with Crippen molar-refractivity contribution < 1.29 is 4.79 Å². The van der Waals surface area contributed by atoms with Gasteiger partial charge in [0.05, 0.1) is 5.92 Å². The zero-order valence-corrected chi connectivity index (χ0v) is 15.6. The van der Waals surface area contributed by atoms with Gasteiger partial charge in [0, 0.05) is 38.6 Å². The van der Waals surface area contributed by atoms with Gasteiger partial charge in [-0.1, -0.05) is 0 Å². The van der Waals surface area contributed by atoms with E-state index in [1.807, 2.05) is 6.07 Å². The van der Waals surface area contributed by atoms with Crippen molar-refractivity contribution in [3.8, 4) is 0 Å². The molecule has 25 heavy (non-hydrogen) atoms. The average Bonchev–Trinajstić information content (AvgIpc) is 2.67. The quantitative estimate of drug-likeness (QED) is 0.816. The summed E-state index contributed by atoms with van der Waals surface area (Å²) in [5, 5.41) is 0. The molecule has 2 aliphatic heterocycles. The van der Waals surface area contributed by atoms with Crippen LogP contribution in [0.15, 0.2) is 18.5 Å². The fourth-order valence-electron chi connectivity index (χ4n) is 3.96. The van der Waals surface area contributed by atoms with Crippen LogP contribution in [0.1, 0.15) is 32.1 Å². The molecule has 2 saturated heterocycles. The number of carbonyl (C=O) groups is 1. The Morgan fingerprint density at radius 3 is 2.56 bits per heavy atom. The molecule has 3 heterocycles. The minimum atomic E-state index is 0.0934. The fourth-order valence-corrected chi connectivity index (χ4v) is 3.96. The SMILES string of the molecule is CN(C)CCC1CCN(C(=O)C2CCCN(c3ncccn3)C2)CC1. The smallest absolute Gasteiger partial charge is 0.227 e. The van der Waals surface area contributed by atoms with Crippen LogP contribution in [0, 0.1) is 11.8 Å². The first kappa shape index (κ1) is 18.1. The largest absolute Gasteiger partial charge is 0.342 e. The van der Waals surface area contributed by atoms with Crippen LogP contribution in [0.3, 0.4) is 0 Å². The first-order valence-electron chi connectivity index (χ1n) is 9.59. The van der Waals surface area contributed by atoms with Crippen molar-refractivity contribution in [3.63, 3.8) is 0 Å². The minimum Gasteiger partial charge on any atom is -0.342 e. The first-order valence-corrected chi connectivity index (χ1v) is 9.59. The zero-order valence-electron chi connectivity index (χ0n) is 15.6. The van der Waals surface area contributed by atoms with Gasteiger partial charge >= 0.3 is 0 Å². The number of aromatic nitrogens is 2. The third kappa shape index (κ3) is 4.91. The molecule has 1 amide bonds. The first-order chi connectivity index (χ1) is 12.1. The van der Waals surface area contributed by atoms with E-state index >= 15 is 0 Å². The van der Waals surface area contributed by atoms with Crippen molar-refractivity contribution in [2.75, 3.05) is 51.7 Å². The van der Waals surface area contributed by atoms with Crippen LogP contribution < -0.4 is 4.90 Å². The molecular weight excluding hydrogens is 314 g/mol. The molecule has 1 aromatic heterocycles. The van der Waals surface area contributed by atoms with Crippen molar-refractivity contribution in [1.29, 1.82) is 0 Å². The Balaban J connectivity index is 1.50. The highest BCUT2D eigenvalue weighted by Gasteiger charge is 2.32. The maximum atomic E-state index is 13.0. The maximum absolute atomic E-state index is 13.0. The Bertz CT molecular complexity index is 542. The van der Waals surface area contributed by atoms with E-state index in [0.717, 1.165) is 70.3 Å². The second-order valence-corrected chi connectivity index (χ2v) is 7.69. The molecule has 138 valence electrons. The molecule has 2 fully saturated rings. The summed E-state index contributed by atoms with van der Waals surface area (Å²) in [5.74, 6) is 1.96. The van der Waals surface area contributed by atoms with Gasteiger partial charge < -0.3 is 14.7 Å². The van der Waals surface area contributed by atoms with E-state index in [4.69, 9.17) is 0 Å². The van der Waals surface area contributed by atoms with Gasteiger partial charge in [0.25, 0.3) is 0 Å². The van der Waals surface area contributed by atoms with Gasteiger partial charge in [0.2, 0.25) is 11.9 Å². The summed E-state index contributed by atoms with van der Waals surface area (Å²) in [6.07, 6.45) is 9.11. The summed E-state index contributed by atoms with van der Waals surface area (Å²) < 4.78 is 0. The van der Waals surface area contributed by atoms with Crippen molar-refractivity contribution in [3.05, 3.63) is 18.5 Å². The normalized spacial score (nSPS) is 22.4. The summed E-state index contributed by atoms with van der Waals surface area (Å²) in [5.41, 5.74) is 0. The molecule has 0 aromatic carbocycles. The molecular formula is C19H31N5O. The molecule has 6 nitrogen and oxygen atoms in total. The predicted molar refractivity (Wildman–Crippen MR) is 99.4 cm³/mol. The minimum absolute atomic E-state index is 0.0934. The van der Waals surface area contributed by atoms with Gasteiger partial charge in [-0.3, -0.25) is 4.79 Å². The Kier molecular flexibility index (Phi) is 6.24. The lowest BCUT2D eigenvalue weighted by Gasteiger charge is -2.38. The molecule has 0 N–H and O–H groups in total. The summed E-state index contributed by atoms with van der Waals surface area (Å²) in [7, 11) is 4.26.